The predicted molar refractivity (Wildman–Crippen MR) is 112 cm³/mol. The Hall–Kier alpha value is -1.57. The van der Waals surface area contributed by atoms with E-state index < -0.39 is 6.04 Å². The van der Waals surface area contributed by atoms with Crippen molar-refractivity contribution in [1.29, 1.82) is 0 Å². The van der Waals surface area contributed by atoms with Crippen molar-refractivity contribution in [2.45, 2.75) is 44.0 Å². The maximum atomic E-state index is 12.8. The average molecular weight is 410 g/mol. The standard InChI is InChI=1S/C19H27N5OS.ClH/c1-19(2,26-3)17(20)18(25)23-10-9-16-21-15(22-24(16)12-11-23)13-14-7-5-4-6-8-14;/h4-8,17H,9-13,20H2,1-3H3;1H/t17-;/m1./s1. The van der Waals surface area contributed by atoms with Gasteiger partial charge in [-0.2, -0.15) is 16.9 Å². The van der Waals surface area contributed by atoms with E-state index in [4.69, 9.17) is 5.73 Å². The number of carbonyl (C=O) groups excluding carboxylic acids is 1. The van der Waals surface area contributed by atoms with Crippen molar-refractivity contribution in [3.8, 4) is 0 Å². The lowest BCUT2D eigenvalue weighted by atomic mass is 10.0. The number of fused-ring (bicyclic) bond motifs is 1. The average Bonchev–Trinajstić information content (AvgIpc) is 2.92. The minimum atomic E-state index is -0.510. The van der Waals surface area contributed by atoms with Crippen LogP contribution in [0.3, 0.4) is 0 Å². The van der Waals surface area contributed by atoms with Gasteiger partial charge >= 0.3 is 0 Å². The fourth-order valence-electron chi connectivity index (χ4n) is 3.05. The lowest BCUT2D eigenvalue weighted by Crippen LogP contribution is -2.53. The third-order valence-electron chi connectivity index (χ3n) is 5.04. The number of aromatic nitrogens is 3. The highest BCUT2D eigenvalue weighted by Gasteiger charge is 2.34. The van der Waals surface area contributed by atoms with E-state index in [1.165, 1.54) is 5.56 Å². The van der Waals surface area contributed by atoms with Crippen molar-refractivity contribution in [2.24, 2.45) is 5.73 Å². The summed E-state index contributed by atoms with van der Waals surface area (Å²) in [5, 5.41) is 4.64. The molecule has 2 N–H and O–H groups in total. The second-order valence-corrected chi connectivity index (χ2v) is 8.65. The van der Waals surface area contributed by atoms with Crippen molar-refractivity contribution in [1.82, 2.24) is 19.7 Å². The molecule has 148 valence electrons. The molecule has 0 bridgehead atoms. The normalized spacial score (nSPS) is 15.5. The fourth-order valence-corrected chi connectivity index (χ4v) is 3.40. The molecule has 27 heavy (non-hydrogen) atoms. The molecule has 1 aliphatic rings. The fraction of sp³-hybridized carbons (Fsp3) is 0.526. The van der Waals surface area contributed by atoms with Gasteiger partial charge in [0.2, 0.25) is 5.91 Å². The predicted octanol–water partition coefficient (Wildman–Crippen LogP) is 2.14. The molecule has 0 saturated heterocycles. The van der Waals surface area contributed by atoms with Crippen LogP contribution in [-0.2, 0) is 24.2 Å². The molecule has 0 unspecified atom stereocenters. The van der Waals surface area contributed by atoms with Crippen LogP contribution >= 0.6 is 24.2 Å². The third kappa shape index (κ3) is 5.03. The maximum absolute atomic E-state index is 12.8. The van der Waals surface area contributed by atoms with Crippen molar-refractivity contribution < 1.29 is 4.79 Å². The second-order valence-electron chi connectivity index (χ2n) is 7.19. The minimum absolute atomic E-state index is 0. The number of nitrogens with two attached hydrogens (primary N) is 1. The highest BCUT2D eigenvalue weighted by molar-refractivity contribution is 8.00. The van der Waals surface area contributed by atoms with Gasteiger partial charge in [0.05, 0.1) is 12.6 Å². The van der Waals surface area contributed by atoms with Crippen LogP contribution in [0.1, 0.15) is 31.1 Å². The van der Waals surface area contributed by atoms with Crippen LogP contribution < -0.4 is 5.73 Å². The van der Waals surface area contributed by atoms with Gasteiger partial charge in [-0.3, -0.25) is 4.79 Å². The van der Waals surface area contributed by atoms with Gasteiger partial charge in [-0.25, -0.2) is 9.67 Å². The van der Waals surface area contributed by atoms with E-state index in [1.807, 2.05) is 47.9 Å². The van der Waals surface area contributed by atoms with E-state index in [2.05, 4.69) is 22.2 Å². The number of hydrogen-bond acceptors (Lipinski definition) is 5. The Morgan fingerprint density at radius 2 is 1.96 bits per heavy atom. The first kappa shape index (κ1) is 21.7. The molecule has 2 aromatic rings. The van der Waals surface area contributed by atoms with Gasteiger partial charge in [0.1, 0.15) is 5.82 Å². The molecule has 1 aliphatic heterocycles. The molecule has 8 heteroatoms. The number of thioether (sulfide) groups is 1. The Labute approximate surface area is 171 Å². The number of rotatable bonds is 5. The molecule has 0 aliphatic carbocycles. The van der Waals surface area contributed by atoms with Crippen molar-refractivity contribution in [3.63, 3.8) is 0 Å². The summed E-state index contributed by atoms with van der Waals surface area (Å²) < 4.78 is 1.66. The molecule has 1 aromatic carbocycles. The largest absolute Gasteiger partial charge is 0.339 e. The van der Waals surface area contributed by atoms with Crippen molar-refractivity contribution in [3.05, 3.63) is 47.5 Å². The Morgan fingerprint density at radius 3 is 2.63 bits per heavy atom. The van der Waals surface area contributed by atoms with Crippen LogP contribution in [0.2, 0.25) is 0 Å². The smallest absolute Gasteiger partial charge is 0.240 e. The summed E-state index contributed by atoms with van der Waals surface area (Å²) in [5.74, 6) is 1.80. The quantitative estimate of drug-likeness (QED) is 0.818. The van der Waals surface area contributed by atoms with Crippen LogP contribution in [0, 0.1) is 0 Å². The first-order valence-electron chi connectivity index (χ1n) is 8.97. The molecule has 0 saturated carbocycles. The number of halogens is 1. The summed E-state index contributed by atoms with van der Waals surface area (Å²) in [5.41, 5.74) is 7.43. The Bertz CT molecular complexity index is 739. The molecule has 3 rings (SSSR count). The molecule has 0 radical (unpaired) electrons. The van der Waals surface area contributed by atoms with Crippen LogP contribution in [0.5, 0.6) is 0 Å². The van der Waals surface area contributed by atoms with Gasteiger partial charge in [0.15, 0.2) is 5.82 Å². The van der Waals surface area contributed by atoms with Crippen LogP contribution in [0.15, 0.2) is 30.3 Å². The van der Waals surface area contributed by atoms with Gasteiger partial charge in [0.25, 0.3) is 0 Å². The highest BCUT2D eigenvalue weighted by Crippen LogP contribution is 2.25. The summed E-state index contributed by atoms with van der Waals surface area (Å²) in [6, 6.07) is 9.72. The molecule has 1 aromatic heterocycles. The van der Waals surface area contributed by atoms with Crippen molar-refractivity contribution in [2.75, 3.05) is 19.3 Å². The maximum Gasteiger partial charge on any atom is 0.240 e. The molecular weight excluding hydrogens is 382 g/mol. The zero-order chi connectivity index (χ0) is 18.7. The van der Waals surface area contributed by atoms with E-state index in [0.717, 1.165) is 18.1 Å². The number of amides is 1. The van der Waals surface area contributed by atoms with E-state index in [-0.39, 0.29) is 23.1 Å². The van der Waals surface area contributed by atoms with Gasteiger partial charge in [0, 0.05) is 30.7 Å². The van der Waals surface area contributed by atoms with Gasteiger partial charge in [-0.15, -0.1) is 12.4 Å². The molecule has 0 fully saturated rings. The van der Waals surface area contributed by atoms with E-state index in [9.17, 15) is 4.79 Å². The number of nitrogens with zero attached hydrogens (tertiary/aromatic N) is 4. The Kier molecular flexibility index (Phi) is 7.31. The van der Waals surface area contributed by atoms with E-state index >= 15 is 0 Å². The lowest BCUT2D eigenvalue weighted by Gasteiger charge is -2.32. The highest BCUT2D eigenvalue weighted by atomic mass is 35.5. The van der Waals surface area contributed by atoms with Gasteiger partial charge in [-0.05, 0) is 25.7 Å². The third-order valence-corrected chi connectivity index (χ3v) is 6.34. The number of carbonyl (C=O) groups is 1. The van der Waals surface area contributed by atoms with E-state index in [0.29, 0.717) is 26.1 Å². The zero-order valence-electron chi connectivity index (χ0n) is 16.1. The molecular formula is C19H28ClN5OS. The lowest BCUT2D eigenvalue weighted by molar-refractivity contribution is -0.133. The molecule has 6 nitrogen and oxygen atoms in total. The summed E-state index contributed by atoms with van der Waals surface area (Å²) in [4.78, 5) is 19.3. The second kappa shape index (κ2) is 9.08. The van der Waals surface area contributed by atoms with Crippen LogP contribution in [0.4, 0.5) is 0 Å². The number of hydrogen-bond donors (Lipinski definition) is 1. The molecule has 2 heterocycles. The monoisotopic (exact) mass is 409 g/mol. The topological polar surface area (TPSA) is 77.0 Å². The SMILES string of the molecule is CSC(C)(C)[C@H](N)C(=O)N1CCc2nc(Cc3ccccc3)nn2CC1.Cl. The Balaban J connectivity index is 0.00000261. The first-order valence-corrected chi connectivity index (χ1v) is 10.2. The zero-order valence-corrected chi connectivity index (χ0v) is 17.7. The summed E-state index contributed by atoms with van der Waals surface area (Å²) in [6.07, 6.45) is 3.43. The summed E-state index contributed by atoms with van der Waals surface area (Å²) in [7, 11) is 0. The van der Waals surface area contributed by atoms with Gasteiger partial charge < -0.3 is 10.6 Å². The van der Waals surface area contributed by atoms with Crippen LogP contribution in [0.25, 0.3) is 0 Å². The summed E-state index contributed by atoms with van der Waals surface area (Å²) >= 11 is 1.62. The Morgan fingerprint density at radius 1 is 1.26 bits per heavy atom. The minimum Gasteiger partial charge on any atom is -0.339 e. The number of benzene rings is 1. The van der Waals surface area contributed by atoms with E-state index in [1.54, 1.807) is 11.8 Å². The van der Waals surface area contributed by atoms with Gasteiger partial charge in [-0.1, -0.05) is 30.3 Å². The molecule has 1 amide bonds. The molecule has 1 atom stereocenters. The first-order chi connectivity index (χ1) is 12.4. The van der Waals surface area contributed by atoms with Crippen LogP contribution in [-0.4, -0.2) is 55.7 Å². The van der Waals surface area contributed by atoms with Crippen molar-refractivity contribution >= 4 is 30.1 Å². The molecule has 0 spiro atoms. The summed E-state index contributed by atoms with van der Waals surface area (Å²) in [6.45, 7) is 5.95.